The van der Waals surface area contributed by atoms with E-state index in [4.69, 9.17) is 4.43 Å². The highest BCUT2D eigenvalue weighted by molar-refractivity contribution is 6.74. The minimum absolute atomic E-state index is 0.286. The SMILES string of the molecule is CC(C)(C)[Si](C)(C)OC1=CC2CCCC2C=C1. The van der Waals surface area contributed by atoms with Crippen LogP contribution in [0.25, 0.3) is 0 Å². The van der Waals surface area contributed by atoms with Crippen molar-refractivity contribution in [1.29, 1.82) is 0 Å². The fourth-order valence-electron chi connectivity index (χ4n) is 2.46. The Morgan fingerprint density at radius 3 is 2.47 bits per heavy atom. The molecule has 2 unspecified atom stereocenters. The van der Waals surface area contributed by atoms with Crippen LogP contribution in [-0.4, -0.2) is 8.32 Å². The molecule has 0 radical (unpaired) electrons. The fraction of sp³-hybridized carbons (Fsp3) is 0.733. The molecule has 96 valence electrons. The first-order chi connectivity index (χ1) is 7.79. The van der Waals surface area contributed by atoms with Gasteiger partial charge >= 0.3 is 0 Å². The van der Waals surface area contributed by atoms with E-state index in [1.54, 1.807) is 0 Å². The quantitative estimate of drug-likeness (QED) is 0.635. The highest BCUT2D eigenvalue weighted by atomic mass is 28.4. The maximum Gasteiger partial charge on any atom is 0.250 e. The van der Waals surface area contributed by atoms with Crippen LogP contribution in [0, 0.1) is 11.8 Å². The van der Waals surface area contributed by atoms with Crippen molar-refractivity contribution in [2.75, 3.05) is 0 Å². The molecular weight excluding hydrogens is 224 g/mol. The van der Waals surface area contributed by atoms with Gasteiger partial charge in [0.1, 0.15) is 0 Å². The Balaban J connectivity index is 2.08. The lowest BCUT2D eigenvalue weighted by atomic mass is 9.91. The number of hydrogen-bond acceptors (Lipinski definition) is 1. The summed E-state index contributed by atoms with van der Waals surface area (Å²) in [5, 5.41) is 0.286. The first-order valence-electron chi connectivity index (χ1n) is 6.89. The Morgan fingerprint density at radius 1 is 1.18 bits per heavy atom. The van der Waals surface area contributed by atoms with Crippen LogP contribution in [0.5, 0.6) is 0 Å². The lowest BCUT2D eigenvalue weighted by Crippen LogP contribution is -2.40. The van der Waals surface area contributed by atoms with Crippen LogP contribution in [0.1, 0.15) is 40.0 Å². The minimum atomic E-state index is -1.66. The molecule has 2 atom stereocenters. The molecule has 0 saturated heterocycles. The summed E-state index contributed by atoms with van der Waals surface area (Å²) < 4.78 is 6.36. The van der Waals surface area contributed by atoms with Gasteiger partial charge in [-0.3, -0.25) is 0 Å². The van der Waals surface area contributed by atoms with E-state index < -0.39 is 8.32 Å². The Labute approximate surface area is 107 Å². The molecule has 0 amide bonds. The predicted molar refractivity (Wildman–Crippen MR) is 76.3 cm³/mol. The van der Waals surface area contributed by atoms with Gasteiger partial charge in [-0.1, -0.05) is 33.3 Å². The van der Waals surface area contributed by atoms with Crippen molar-refractivity contribution in [3.63, 3.8) is 0 Å². The molecule has 2 heteroatoms. The monoisotopic (exact) mass is 250 g/mol. The highest BCUT2D eigenvalue weighted by Gasteiger charge is 2.39. The van der Waals surface area contributed by atoms with Crippen LogP contribution in [0.4, 0.5) is 0 Å². The van der Waals surface area contributed by atoms with Crippen molar-refractivity contribution in [3.8, 4) is 0 Å². The number of rotatable bonds is 2. The maximum absolute atomic E-state index is 6.36. The van der Waals surface area contributed by atoms with Crippen LogP contribution in [-0.2, 0) is 4.43 Å². The van der Waals surface area contributed by atoms with Crippen LogP contribution in [0.3, 0.4) is 0 Å². The van der Waals surface area contributed by atoms with Crippen molar-refractivity contribution in [1.82, 2.24) is 0 Å². The van der Waals surface area contributed by atoms with E-state index in [9.17, 15) is 0 Å². The second-order valence-electron chi connectivity index (χ2n) is 7.05. The van der Waals surface area contributed by atoms with Gasteiger partial charge in [-0.15, -0.1) is 0 Å². The molecule has 0 aromatic rings. The molecule has 17 heavy (non-hydrogen) atoms. The first-order valence-corrected chi connectivity index (χ1v) is 9.79. The highest BCUT2D eigenvalue weighted by Crippen LogP contribution is 2.41. The van der Waals surface area contributed by atoms with Crippen LogP contribution in [0.15, 0.2) is 24.0 Å². The van der Waals surface area contributed by atoms with Gasteiger partial charge in [0.05, 0.1) is 5.76 Å². The standard InChI is InChI=1S/C15H26OSi/c1-15(2,3)17(4,5)16-14-10-9-12-7-6-8-13(12)11-14/h9-13H,6-8H2,1-5H3. The molecule has 0 aliphatic heterocycles. The Bertz CT molecular complexity index is 346. The summed E-state index contributed by atoms with van der Waals surface area (Å²) in [6.07, 6.45) is 11.1. The van der Waals surface area contributed by atoms with Crippen molar-refractivity contribution in [2.45, 2.75) is 58.2 Å². The lowest BCUT2D eigenvalue weighted by molar-refractivity contribution is 0.383. The van der Waals surface area contributed by atoms with E-state index in [0.29, 0.717) is 0 Å². The molecule has 0 spiro atoms. The molecule has 2 rings (SSSR count). The Kier molecular flexibility index (Phi) is 3.28. The molecule has 0 bridgehead atoms. The zero-order valence-corrected chi connectivity index (χ0v) is 12.9. The van der Waals surface area contributed by atoms with Gasteiger partial charge in [-0.2, -0.15) is 0 Å². The van der Waals surface area contributed by atoms with Gasteiger partial charge < -0.3 is 4.43 Å². The Hall–Kier alpha value is -0.503. The van der Waals surface area contributed by atoms with Gasteiger partial charge in [0.2, 0.25) is 8.32 Å². The molecule has 1 nitrogen and oxygen atoms in total. The maximum atomic E-state index is 6.36. The molecule has 1 fully saturated rings. The third kappa shape index (κ3) is 2.67. The predicted octanol–water partition coefficient (Wildman–Crippen LogP) is 4.88. The molecular formula is C15H26OSi. The second kappa shape index (κ2) is 4.31. The Morgan fingerprint density at radius 2 is 1.82 bits per heavy atom. The third-order valence-corrected chi connectivity index (χ3v) is 9.05. The fourth-order valence-corrected chi connectivity index (χ4v) is 3.50. The summed E-state index contributed by atoms with van der Waals surface area (Å²) in [6.45, 7) is 11.5. The molecule has 2 aliphatic carbocycles. The molecule has 0 aromatic heterocycles. The zero-order valence-electron chi connectivity index (χ0n) is 11.9. The van der Waals surface area contributed by atoms with E-state index in [1.165, 1.54) is 19.3 Å². The van der Waals surface area contributed by atoms with Gasteiger partial charge in [0, 0.05) is 0 Å². The first kappa shape index (κ1) is 12.9. The normalized spacial score (nSPS) is 28.9. The number of fused-ring (bicyclic) bond motifs is 1. The summed E-state index contributed by atoms with van der Waals surface area (Å²) in [5.74, 6) is 2.68. The van der Waals surface area contributed by atoms with Crippen molar-refractivity contribution in [3.05, 3.63) is 24.0 Å². The van der Waals surface area contributed by atoms with Gasteiger partial charge in [-0.05, 0) is 55.0 Å². The van der Waals surface area contributed by atoms with E-state index in [0.717, 1.165) is 17.6 Å². The summed E-state index contributed by atoms with van der Waals surface area (Å²) >= 11 is 0. The molecule has 0 N–H and O–H groups in total. The lowest BCUT2D eigenvalue weighted by Gasteiger charge is -2.37. The largest absolute Gasteiger partial charge is 0.544 e. The zero-order chi connectivity index (χ0) is 12.7. The second-order valence-corrected chi connectivity index (χ2v) is 11.8. The van der Waals surface area contributed by atoms with Crippen LogP contribution >= 0.6 is 0 Å². The van der Waals surface area contributed by atoms with Gasteiger partial charge in [-0.25, -0.2) is 0 Å². The van der Waals surface area contributed by atoms with Crippen molar-refractivity contribution < 1.29 is 4.43 Å². The molecule has 2 aliphatic rings. The summed E-state index contributed by atoms with van der Waals surface area (Å²) in [6, 6.07) is 0. The third-order valence-electron chi connectivity index (χ3n) is 4.69. The topological polar surface area (TPSA) is 9.23 Å². The minimum Gasteiger partial charge on any atom is -0.544 e. The summed E-state index contributed by atoms with van der Waals surface area (Å²) in [4.78, 5) is 0. The molecule has 0 aromatic carbocycles. The summed E-state index contributed by atoms with van der Waals surface area (Å²) in [7, 11) is -1.66. The van der Waals surface area contributed by atoms with Crippen LogP contribution in [0.2, 0.25) is 18.1 Å². The smallest absolute Gasteiger partial charge is 0.250 e. The van der Waals surface area contributed by atoms with Crippen molar-refractivity contribution in [2.24, 2.45) is 11.8 Å². The average molecular weight is 250 g/mol. The molecule has 0 heterocycles. The van der Waals surface area contributed by atoms with Gasteiger partial charge in [0.15, 0.2) is 0 Å². The number of allylic oxidation sites excluding steroid dienone is 3. The van der Waals surface area contributed by atoms with E-state index >= 15 is 0 Å². The number of hydrogen-bond donors (Lipinski definition) is 0. The van der Waals surface area contributed by atoms with E-state index in [1.807, 2.05) is 0 Å². The molecule has 1 saturated carbocycles. The van der Waals surface area contributed by atoms with E-state index in [2.05, 4.69) is 52.1 Å². The van der Waals surface area contributed by atoms with E-state index in [-0.39, 0.29) is 5.04 Å². The van der Waals surface area contributed by atoms with Crippen molar-refractivity contribution >= 4 is 8.32 Å². The van der Waals surface area contributed by atoms with Crippen LogP contribution < -0.4 is 0 Å². The van der Waals surface area contributed by atoms with Gasteiger partial charge in [0.25, 0.3) is 0 Å². The summed E-state index contributed by atoms with van der Waals surface area (Å²) in [5.41, 5.74) is 0. The average Bonchev–Trinajstić information content (AvgIpc) is 2.62.